The van der Waals surface area contributed by atoms with Crippen LogP contribution in [0.15, 0.2) is 17.0 Å². The van der Waals surface area contributed by atoms with E-state index >= 15 is 0 Å². The first kappa shape index (κ1) is 18.0. The molecule has 0 aromatic heterocycles. The van der Waals surface area contributed by atoms with Gasteiger partial charge in [-0.3, -0.25) is 10.9 Å². The molecule has 1 rings (SSSR count). The van der Waals surface area contributed by atoms with Crippen LogP contribution in [0.3, 0.4) is 0 Å². The van der Waals surface area contributed by atoms with E-state index in [9.17, 15) is 22.7 Å². The van der Waals surface area contributed by atoms with Crippen LogP contribution in [0.5, 0.6) is 0 Å². The van der Waals surface area contributed by atoms with E-state index < -0.39 is 24.1 Å². The minimum Gasteiger partial charge on any atom is -0.359 e. The third-order valence-electron chi connectivity index (χ3n) is 2.53. The summed E-state index contributed by atoms with van der Waals surface area (Å²) in [6.45, 7) is 1.48. The number of rotatable bonds is 5. The topological polar surface area (TPSA) is 78.8 Å². The van der Waals surface area contributed by atoms with Gasteiger partial charge in [-0.25, -0.2) is 15.2 Å². The second-order valence-corrected chi connectivity index (χ2v) is 5.41. The van der Waals surface area contributed by atoms with Crippen LogP contribution in [0.1, 0.15) is 5.56 Å². The van der Waals surface area contributed by atoms with Crippen LogP contribution in [0.25, 0.3) is 0 Å². The largest absolute Gasteiger partial charge is 0.398 e. The molecule has 0 aliphatic heterocycles. The van der Waals surface area contributed by atoms with Gasteiger partial charge in [0.15, 0.2) is 0 Å². The fraction of sp³-hybridized carbons (Fsp3) is 0.455. The van der Waals surface area contributed by atoms with Crippen molar-refractivity contribution < 1.29 is 22.7 Å². The van der Waals surface area contributed by atoms with Gasteiger partial charge in [-0.1, -0.05) is 0 Å². The molecule has 5 nitrogen and oxygen atoms in total. The van der Waals surface area contributed by atoms with Crippen molar-refractivity contribution in [1.82, 2.24) is 5.01 Å². The van der Waals surface area contributed by atoms with Crippen molar-refractivity contribution in [3.8, 4) is 0 Å². The Labute approximate surface area is 123 Å². The van der Waals surface area contributed by atoms with Crippen molar-refractivity contribution in [2.75, 3.05) is 17.8 Å². The number of hydrogen-bond acceptors (Lipinski definition) is 6. The Balaban J connectivity index is 3.06. The van der Waals surface area contributed by atoms with Crippen molar-refractivity contribution in [3.63, 3.8) is 0 Å². The first-order chi connectivity index (χ1) is 9.53. The van der Waals surface area contributed by atoms with E-state index in [1.165, 1.54) is 14.0 Å². The number of anilines is 1. The molecular formula is C11H16F4N4OS. The van der Waals surface area contributed by atoms with Crippen molar-refractivity contribution in [2.24, 2.45) is 11.7 Å². The van der Waals surface area contributed by atoms with Gasteiger partial charge in [-0.05, 0) is 24.6 Å². The number of benzene rings is 1. The van der Waals surface area contributed by atoms with Crippen LogP contribution in [0.4, 0.5) is 23.2 Å². The quantitative estimate of drug-likeness (QED) is 0.250. The summed E-state index contributed by atoms with van der Waals surface area (Å²) in [6.07, 6.45) is -5.87. The van der Waals surface area contributed by atoms with Crippen LogP contribution in [0, 0.1) is 12.7 Å². The molecule has 0 amide bonds. The average molecular weight is 328 g/mol. The molecule has 120 valence electrons. The Bertz CT molecular complexity index is 498. The Morgan fingerprint density at radius 3 is 2.38 bits per heavy atom. The number of nitrogens with zero attached hydrogens (tertiary/aromatic N) is 2. The summed E-state index contributed by atoms with van der Waals surface area (Å²) in [6, 6.07) is 2.20. The van der Waals surface area contributed by atoms with Crippen LogP contribution < -0.4 is 16.7 Å². The fourth-order valence-electron chi connectivity index (χ4n) is 1.48. The Morgan fingerprint density at radius 2 is 1.90 bits per heavy atom. The number of halogens is 4. The molecule has 0 radical (unpaired) electrons. The Hall–Kier alpha value is -1.07. The number of aryl methyl sites for hydroxylation is 1. The molecule has 0 fully saturated rings. The van der Waals surface area contributed by atoms with E-state index in [1.807, 2.05) is 0 Å². The van der Waals surface area contributed by atoms with E-state index in [4.69, 9.17) is 11.7 Å². The monoisotopic (exact) mass is 328 g/mol. The third-order valence-corrected chi connectivity index (χ3v) is 3.75. The van der Waals surface area contributed by atoms with E-state index in [2.05, 4.69) is 0 Å². The van der Waals surface area contributed by atoms with E-state index in [1.54, 1.807) is 0 Å². The molecule has 0 aliphatic carbocycles. The summed E-state index contributed by atoms with van der Waals surface area (Å²) in [5.74, 6) is 8.95. The lowest BCUT2D eigenvalue weighted by Gasteiger charge is -2.29. The lowest BCUT2D eigenvalue weighted by molar-refractivity contribution is -0.105. The molecular weight excluding hydrogens is 312 g/mol. The van der Waals surface area contributed by atoms with Crippen LogP contribution in [-0.4, -0.2) is 35.4 Å². The number of alkyl halides is 3. The zero-order chi connectivity index (χ0) is 16.4. The highest BCUT2D eigenvalue weighted by Crippen LogP contribution is 2.33. The van der Waals surface area contributed by atoms with Gasteiger partial charge in [0.25, 0.3) is 0 Å². The summed E-state index contributed by atoms with van der Waals surface area (Å²) in [5, 5.41) is 11.1. The van der Waals surface area contributed by atoms with Crippen molar-refractivity contribution >= 4 is 17.4 Å². The van der Waals surface area contributed by atoms with Crippen LogP contribution >= 0.6 is 11.8 Å². The molecule has 0 aliphatic rings. The molecule has 1 atom stereocenters. The molecule has 1 unspecified atom stereocenters. The predicted molar refractivity (Wildman–Crippen MR) is 72.5 cm³/mol. The number of thioether (sulfide) groups is 1. The molecule has 1 aromatic carbocycles. The smallest absolute Gasteiger partial charge is 0.359 e. The predicted octanol–water partition coefficient (Wildman–Crippen LogP) is 1.55. The maximum absolute atomic E-state index is 13.9. The van der Waals surface area contributed by atoms with E-state index in [0.717, 1.165) is 17.1 Å². The van der Waals surface area contributed by atoms with Gasteiger partial charge >= 0.3 is 6.18 Å². The number of hydrazine groups is 2. The first-order valence-corrected chi connectivity index (χ1v) is 6.70. The van der Waals surface area contributed by atoms with Gasteiger partial charge in [-0.15, -0.1) is 11.8 Å². The van der Waals surface area contributed by atoms with Gasteiger partial charge in [0.05, 0.1) is 11.4 Å². The molecule has 10 heteroatoms. The Kier molecular flexibility index (Phi) is 5.82. The van der Waals surface area contributed by atoms with Gasteiger partial charge in [0, 0.05) is 11.9 Å². The number of hydrogen-bond donors (Lipinski definition) is 3. The standard InChI is InChI=1S/C11H16F4N4OS/c1-6-3-7(12)8(19(17)10(20)18(2)16)4-9(6)21-5-11(13,14)15/h3-4,10,20H,5,16-17H2,1-2H3. The summed E-state index contributed by atoms with van der Waals surface area (Å²) in [5.41, 5.74) is 0.0876. The molecule has 1 aromatic rings. The van der Waals surface area contributed by atoms with E-state index in [0.29, 0.717) is 22.3 Å². The second kappa shape index (κ2) is 6.79. The normalized spacial score (nSPS) is 13.6. The van der Waals surface area contributed by atoms with E-state index in [-0.39, 0.29) is 10.6 Å². The molecule has 0 saturated heterocycles. The molecule has 0 spiro atoms. The first-order valence-electron chi connectivity index (χ1n) is 5.72. The molecule has 21 heavy (non-hydrogen) atoms. The maximum Gasteiger partial charge on any atom is 0.398 e. The van der Waals surface area contributed by atoms with Gasteiger partial charge in [-0.2, -0.15) is 13.2 Å². The highest BCUT2D eigenvalue weighted by atomic mass is 32.2. The van der Waals surface area contributed by atoms with Gasteiger partial charge in [0.2, 0.25) is 6.35 Å². The fourth-order valence-corrected chi connectivity index (χ4v) is 2.28. The molecule has 0 saturated carbocycles. The SMILES string of the molecule is Cc1cc(F)c(N(N)C(O)N(C)N)cc1SCC(F)(F)F. The van der Waals surface area contributed by atoms with Crippen LogP contribution in [-0.2, 0) is 0 Å². The molecule has 0 bridgehead atoms. The number of aliphatic hydroxyl groups is 1. The highest BCUT2D eigenvalue weighted by molar-refractivity contribution is 7.99. The number of nitrogens with two attached hydrogens (primary N) is 2. The van der Waals surface area contributed by atoms with Crippen molar-refractivity contribution in [2.45, 2.75) is 24.3 Å². The van der Waals surface area contributed by atoms with Crippen LogP contribution in [0.2, 0.25) is 0 Å². The van der Waals surface area contributed by atoms with Gasteiger partial charge < -0.3 is 5.11 Å². The summed E-state index contributed by atoms with van der Waals surface area (Å²) in [7, 11) is 1.30. The Morgan fingerprint density at radius 1 is 1.33 bits per heavy atom. The third kappa shape index (κ3) is 5.00. The van der Waals surface area contributed by atoms with Crippen molar-refractivity contribution in [3.05, 3.63) is 23.5 Å². The second-order valence-electron chi connectivity index (χ2n) is 4.39. The minimum atomic E-state index is -4.34. The zero-order valence-corrected chi connectivity index (χ0v) is 12.2. The highest BCUT2D eigenvalue weighted by Gasteiger charge is 2.28. The summed E-state index contributed by atoms with van der Waals surface area (Å²) < 4.78 is 50.6. The lowest BCUT2D eigenvalue weighted by atomic mass is 10.2. The maximum atomic E-state index is 13.9. The van der Waals surface area contributed by atoms with Crippen molar-refractivity contribution in [1.29, 1.82) is 0 Å². The molecule has 5 N–H and O–H groups in total. The summed E-state index contributed by atoms with van der Waals surface area (Å²) >= 11 is 0.514. The molecule has 0 heterocycles. The minimum absolute atomic E-state index is 0.214. The average Bonchev–Trinajstić information content (AvgIpc) is 2.34. The van der Waals surface area contributed by atoms with Gasteiger partial charge in [0.1, 0.15) is 5.82 Å². The zero-order valence-electron chi connectivity index (χ0n) is 11.4. The summed E-state index contributed by atoms with van der Waals surface area (Å²) in [4.78, 5) is 0.214. The lowest BCUT2D eigenvalue weighted by Crippen LogP contribution is -2.53. The number of aliphatic hydroxyl groups excluding tert-OH is 1.